The molecular weight excluding hydrogens is 182 g/mol. The van der Waals surface area contributed by atoms with Gasteiger partial charge in [-0.3, -0.25) is 9.69 Å². The van der Waals surface area contributed by atoms with Crippen molar-refractivity contribution in [3.8, 4) is 0 Å². The summed E-state index contributed by atoms with van der Waals surface area (Å²) in [5.74, 6) is -0.554. The van der Waals surface area contributed by atoms with Gasteiger partial charge in [-0.25, -0.2) is 0 Å². The number of rotatable bonds is 3. The zero-order valence-corrected chi connectivity index (χ0v) is 8.81. The van der Waals surface area contributed by atoms with Crippen molar-refractivity contribution in [1.82, 2.24) is 4.90 Å². The molecule has 1 aliphatic rings. The van der Waals surface area contributed by atoms with E-state index in [4.69, 9.17) is 5.11 Å². The van der Waals surface area contributed by atoms with Crippen LogP contribution in [0.5, 0.6) is 0 Å². The van der Waals surface area contributed by atoms with E-state index in [9.17, 15) is 9.90 Å². The number of hydrogen-bond donors (Lipinski definition) is 2. The highest BCUT2D eigenvalue weighted by Gasteiger charge is 2.30. The molecule has 0 spiro atoms. The summed E-state index contributed by atoms with van der Waals surface area (Å²) in [6.45, 7) is 5.12. The smallest absolute Gasteiger partial charge is 0.320 e. The fraction of sp³-hybridized carbons (Fsp3) is 0.900. The molecule has 0 aromatic heterocycles. The molecule has 2 N–H and O–H groups in total. The molecule has 1 saturated heterocycles. The van der Waals surface area contributed by atoms with Gasteiger partial charge < -0.3 is 10.2 Å². The molecule has 1 heterocycles. The van der Waals surface area contributed by atoms with Crippen molar-refractivity contribution in [2.75, 3.05) is 13.1 Å². The van der Waals surface area contributed by atoms with Crippen LogP contribution < -0.4 is 0 Å². The molecule has 0 saturated carbocycles. The van der Waals surface area contributed by atoms with E-state index in [0.29, 0.717) is 19.5 Å². The van der Waals surface area contributed by atoms with Crippen LogP contribution in [0.25, 0.3) is 0 Å². The van der Waals surface area contributed by atoms with Gasteiger partial charge in [-0.05, 0) is 25.7 Å². The van der Waals surface area contributed by atoms with Gasteiger partial charge in [0, 0.05) is 13.1 Å². The lowest BCUT2D eigenvalue weighted by molar-refractivity contribution is -0.144. The lowest BCUT2D eigenvalue weighted by Crippen LogP contribution is -2.49. The number of hydrogen-bond acceptors (Lipinski definition) is 3. The molecule has 4 heteroatoms. The number of aliphatic hydroxyl groups is 1. The summed E-state index contributed by atoms with van der Waals surface area (Å²) in [7, 11) is 0. The van der Waals surface area contributed by atoms with Crippen LogP contribution in [-0.4, -0.2) is 46.3 Å². The van der Waals surface area contributed by atoms with Gasteiger partial charge in [-0.2, -0.15) is 0 Å². The second-order valence-corrected chi connectivity index (χ2v) is 4.03. The molecule has 14 heavy (non-hydrogen) atoms. The zero-order chi connectivity index (χ0) is 10.7. The predicted octanol–water partition coefficient (Wildman–Crippen LogP) is 0.552. The summed E-state index contributed by atoms with van der Waals surface area (Å²) in [5.41, 5.74) is 0. The number of likely N-dealkylation sites (tertiary alicyclic amines) is 1. The number of aliphatic hydroxyl groups excluding tert-OH is 1. The van der Waals surface area contributed by atoms with Crippen LogP contribution in [0.15, 0.2) is 0 Å². The Morgan fingerprint density at radius 3 is 2.79 bits per heavy atom. The highest BCUT2D eigenvalue weighted by Crippen LogP contribution is 2.21. The van der Waals surface area contributed by atoms with Crippen LogP contribution in [0.4, 0.5) is 0 Å². The Bertz CT molecular complexity index is 208. The summed E-state index contributed by atoms with van der Waals surface area (Å²) >= 11 is 0. The van der Waals surface area contributed by atoms with Crippen molar-refractivity contribution < 1.29 is 15.0 Å². The zero-order valence-electron chi connectivity index (χ0n) is 8.81. The highest BCUT2D eigenvalue weighted by atomic mass is 16.4. The van der Waals surface area contributed by atoms with Crippen LogP contribution in [0.1, 0.15) is 26.7 Å². The third kappa shape index (κ3) is 2.45. The van der Waals surface area contributed by atoms with Gasteiger partial charge in [0.2, 0.25) is 0 Å². The molecule has 82 valence electrons. The quantitative estimate of drug-likeness (QED) is 0.700. The SMILES string of the molecule is CC[C@@H]1CN([C@H](C)C(=O)O)CC[C@H]1O. The largest absolute Gasteiger partial charge is 0.480 e. The van der Waals surface area contributed by atoms with Crippen LogP contribution in [0.2, 0.25) is 0 Å². The number of carboxylic acids is 1. The van der Waals surface area contributed by atoms with Crippen LogP contribution in [0, 0.1) is 5.92 Å². The lowest BCUT2D eigenvalue weighted by Gasteiger charge is -2.37. The maximum absolute atomic E-state index is 10.8. The highest BCUT2D eigenvalue weighted by molar-refractivity contribution is 5.72. The Labute approximate surface area is 84.5 Å². The molecular formula is C10H19NO3. The molecule has 1 fully saturated rings. The van der Waals surface area contributed by atoms with Crippen molar-refractivity contribution in [1.29, 1.82) is 0 Å². The average molecular weight is 201 g/mol. The number of carboxylic acid groups (broad SMARTS) is 1. The molecule has 0 aromatic carbocycles. The maximum atomic E-state index is 10.8. The van der Waals surface area contributed by atoms with Gasteiger partial charge in [0.1, 0.15) is 6.04 Å². The molecule has 0 bridgehead atoms. The number of carbonyl (C=O) groups is 1. The van der Waals surface area contributed by atoms with E-state index in [-0.39, 0.29) is 12.0 Å². The number of nitrogens with zero attached hydrogens (tertiary/aromatic N) is 1. The Morgan fingerprint density at radius 2 is 2.29 bits per heavy atom. The number of piperidine rings is 1. The van der Waals surface area contributed by atoms with Crippen LogP contribution in [-0.2, 0) is 4.79 Å². The summed E-state index contributed by atoms with van der Waals surface area (Å²) in [6, 6.07) is -0.434. The first-order chi connectivity index (χ1) is 6.56. The molecule has 0 aliphatic carbocycles. The van der Waals surface area contributed by atoms with Crippen molar-refractivity contribution in [3.63, 3.8) is 0 Å². The van der Waals surface area contributed by atoms with Gasteiger partial charge in [0.15, 0.2) is 0 Å². The molecule has 1 rings (SSSR count). The second kappa shape index (κ2) is 4.75. The second-order valence-electron chi connectivity index (χ2n) is 4.03. The van der Waals surface area contributed by atoms with Crippen molar-refractivity contribution >= 4 is 5.97 Å². The average Bonchev–Trinajstić information content (AvgIpc) is 2.17. The first kappa shape index (κ1) is 11.5. The number of aliphatic carboxylic acids is 1. The first-order valence-corrected chi connectivity index (χ1v) is 5.21. The molecule has 0 radical (unpaired) electrons. The van der Waals surface area contributed by atoms with Gasteiger partial charge >= 0.3 is 5.97 Å². The predicted molar refractivity (Wildman–Crippen MR) is 53.1 cm³/mol. The Balaban J connectivity index is 2.54. The van der Waals surface area contributed by atoms with Crippen molar-refractivity contribution in [2.45, 2.75) is 38.8 Å². The summed E-state index contributed by atoms with van der Waals surface area (Å²) < 4.78 is 0. The van der Waals surface area contributed by atoms with E-state index >= 15 is 0 Å². The standard InChI is InChI=1S/C10H19NO3/c1-3-8-6-11(5-4-9(8)12)7(2)10(13)14/h7-9,12H,3-6H2,1-2H3,(H,13,14)/t7-,8-,9-/m1/s1. The van der Waals surface area contributed by atoms with Gasteiger partial charge in [-0.15, -0.1) is 0 Å². The van der Waals surface area contributed by atoms with E-state index in [1.165, 1.54) is 0 Å². The van der Waals surface area contributed by atoms with Crippen LogP contribution >= 0.6 is 0 Å². The monoisotopic (exact) mass is 201 g/mol. The van der Waals surface area contributed by atoms with E-state index in [2.05, 4.69) is 0 Å². The fourth-order valence-electron chi connectivity index (χ4n) is 1.96. The molecule has 3 atom stereocenters. The Morgan fingerprint density at radius 1 is 1.64 bits per heavy atom. The Hall–Kier alpha value is -0.610. The molecule has 0 aromatic rings. The minimum atomic E-state index is -0.781. The van der Waals surface area contributed by atoms with E-state index in [0.717, 1.165) is 6.42 Å². The van der Waals surface area contributed by atoms with Gasteiger partial charge in [0.05, 0.1) is 6.10 Å². The summed E-state index contributed by atoms with van der Waals surface area (Å²) in [5, 5.41) is 18.5. The fourth-order valence-corrected chi connectivity index (χ4v) is 1.96. The summed E-state index contributed by atoms with van der Waals surface area (Å²) in [6.07, 6.45) is 1.34. The van der Waals surface area contributed by atoms with Gasteiger partial charge in [-0.1, -0.05) is 6.92 Å². The molecule has 4 nitrogen and oxygen atoms in total. The third-order valence-electron chi connectivity index (χ3n) is 3.15. The van der Waals surface area contributed by atoms with Gasteiger partial charge in [0.25, 0.3) is 0 Å². The van der Waals surface area contributed by atoms with E-state index < -0.39 is 12.0 Å². The van der Waals surface area contributed by atoms with Crippen molar-refractivity contribution in [2.24, 2.45) is 5.92 Å². The Kier molecular flexibility index (Phi) is 3.89. The summed E-state index contributed by atoms with van der Waals surface area (Å²) in [4.78, 5) is 12.7. The molecule has 1 aliphatic heterocycles. The normalized spacial score (nSPS) is 31.4. The minimum absolute atomic E-state index is 0.227. The topological polar surface area (TPSA) is 60.8 Å². The van der Waals surface area contributed by atoms with Crippen LogP contribution in [0.3, 0.4) is 0 Å². The van der Waals surface area contributed by atoms with E-state index in [1.54, 1.807) is 6.92 Å². The molecule has 0 amide bonds. The third-order valence-corrected chi connectivity index (χ3v) is 3.15. The minimum Gasteiger partial charge on any atom is -0.480 e. The first-order valence-electron chi connectivity index (χ1n) is 5.21. The maximum Gasteiger partial charge on any atom is 0.320 e. The van der Waals surface area contributed by atoms with E-state index in [1.807, 2.05) is 11.8 Å². The molecule has 0 unspecified atom stereocenters. The lowest BCUT2D eigenvalue weighted by atomic mass is 9.91. The van der Waals surface area contributed by atoms with Crippen molar-refractivity contribution in [3.05, 3.63) is 0 Å².